The summed E-state index contributed by atoms with van der Waals surface area (Å²) in [7, 11) is 0. The Morgan fingerprint density at radius 2 is 2.04 bits per heavy atom. The van der Waals surface area contributed by atoms with Gasteiger partial charge >= 0.3 is 0 Å². The predicted octanol–water partition coefficient (Wildman–Crippen LogP) is 2.02. The number of rotatable bonds is 2. The molecule has 2 amide bonds. The van der Waals surface area contributed by atoms with Gasteiger partial charge in [-0.15, -0.1) is 0 Å². The second-order valence-electron chi connectivity index (χ2n) is 7.58. The molecule has 0 aliphatic carbocycles. The van der Waals surface area contributed by atoms with E-state index in [9.17, 15) is 14.4 Å². The number of likely N-dealkylation sites (tertiary alicyclic amines) is 1. The molecule has 7 heteroatoms. The highest BCUT2D eigenvalue weighted by atomic mass is 16.2. The third-order valence-electron chi connectivity index (χ3n) is 5.50. The molecule has 1 aromatic heterocycles. The maximum absolute atomic E-state index is 13.0. The molecule has 0 saturated carbocycles. The molecule has 140 valence electrons. The Hall–Kier alpha value is -2.96. The standard InChI is InChI=1S/C20H22N4O3/c1-12(2)16-21-10-13(17(25)23-16)18(26)24-9-5-8-20(11-24)14-6-3-4-7-15(14)22-19(20)27/h3-4,6-7,10,12H,5,8-9,11H2,1-2H3,(H,22,27)(H,21,23,25). The number of hydrogen-bond acceptors (Lipinski definition) is 4. The Morgan fingerprint density at radius 3 is 2.78 bits per heavy atom. The smallest absolute Gasteiger partial charge is 0.263 e. The molecule has 2 aliphatic rings. The van der Waals surface area contributed by atoms with Crippen molar-refractivity contribution < 1.29 is 9.59 Å². The van der Waals surface area contributed by atoms with Gasteiger partial charge in [0.1, 0.15) is 11.4 Å². The summed E-state index contributed by atoms with van der Waals surface area (Å²) in [6.07, 6.45) is 2.73. The van der Waals surface area contributed by atoms with Gasteiger partial charge in [0.15, 0.2) is 0 Å². The van der Waals surface area contributed by atoms with E-state index in [4.69, 9.17) is 0 Å². The highest BCUT2D eigenvalue weighted by molar-refractivity contribution is 6.07. The molecule has 1 saturated heterocycles. The molecule has 1 atom stereocenters. The molecule has 1 fully saturated rings. The SMILES string of the molecule is CC(C)c1ncc(C(=O)N2CCCC3(C2)C(=O)Nc2ccccc23)c(=O)[nH]1. The van der Waals surface area contributed by atoms with E-state index < -0.39 is 11.0 Å². The Labute approximate surface area is 156 Å². The van der Waals surface area contributed by atoms with Gasteiger partial charge in [0.2, 0.25) is 5.91 Å². The van der Waals surface area contributed by atoms with Crippen molar-refractivity contribution in [3.8, 4) is 0 Å². The van der Waals surface area contributed by atoms with Crippen molar-refractivity contribution in [3.05, 3.63) is 57.8 Å². The number of nitrogens with one attached hydrogen (secondary N) is 2. The van der Waals surface area contributed by atoms with Crippen LogP contribution >= 0.6 is 0 Å². The van der Waals surface area contributed by atoms with Gasteiger partial charge in [0, 0.05) is 30.9 Å². The van der Waals surface area contributed by atoms with Crippen LogP contribution in [0.25, 0.3) is 0 Å². The summed E-state index contributed by atoms with van der Waals surface area (Å²) >= 11 is 0. The third kappa shape index (κ3) is 2.74. The fourth-order valence-electron chi connectivity index (χ4n) is 4.03. The number of aromatic amines is 1. The monoisotopic (exact) mass is 366 g/mol. The van der Waals surface area contributed by atoms with Gasteiger partial charge < -0.3 is 15.2 Å². The molecule has 7 nitrogen and oxygen atoms in total. The first-order valence-corrected chi connectivity index (χ1v) is 9.22. The van der Waals surface area contributed by atoms with Crippen molar-refractivity contribution in [2.24, 2.45) is 0 Å². The largest absolute Gasteiger partial charge is 0.337 e. The summed E-state index contributed by atoms with van der Waals surface area (Å²) in [6.45, 7) is 4.62. The first-order valence-electron chi connectivity index (χ1n) is 9.22. The van der Waals surface area contributed by atoms with Gasteiger partial charge in [0.05, 0.1) is 5.41 Å². The van der Waals surface area contributed by atoms with Crippen LogP contribution in [0.3, 0.4) is 0 Å². The predicted molar refractivity (Wildman–Crippen MR) is 101 cm³/mol. The van der Waals surface area contributed by atoms with Gasteiger partial charge in [-0.1, -0.05) is 32.0 Å². The highest BCUT2D eigenvalue weighted by Crippen LogP contribution is 2.43. The van der Waals surface area contributed by atoms with Crippen molar-refractivity contribution in [1.29, 1.82) is 0 Å². The van der Waals surface area contributed by atoms with Gasteiger partial charge in [-0.3, -0.25) is 14.4 Å². The Kier molecular flexibility index (Phi) is 4.09. The fraction of sp³-hybridized carbons (Fsp3) is 0.400. The van der Waals surface area contributed by atoms with Gasteiger partial charge in [-0.2, -0.15) is 0 Å². The topological polar surface area (TPSA) is 95.2 Å². The van der Waals surface area contributed by atoms with Crippen LogP contribution in [-0.4, -0.2) is 39.8 Å². The second kappa shape index (κ2) is 6.33. The maximum atomic E-state index is 13.0. The zero-order valence-electron chi connectivity index (χ0n) is 15.4. The minimum atomic E-state index is -0.747. The third-order valence-corrected chi connectivity index (χ3v) is 5.50. The van der Waals surface area contributed by atoms with Crippen LogP contribution in [0.15, 0.2) is 35.3 Å². The number of amides is 2. The number of hydrogen-bond donors (Lipinski definition) is 2. The highest BCUT2D eigenvalue weighted by Gasteiger charge is 2.50. The van der Waals surface area contributed by atoms with Crippen LogP contribution in [0.2, 0.25) is 0 Å². The van der Waals surface area contributed by atoms with Crippen LogP contribution in [0.4, 0.5) is 5.69 Å². The van der Waals surface area contributed by atoms with Crippen LogP contribution in [-0.2, 0) is 10.2 Å². The summed E-state index contributed by atoms with van der Waals surface area (Å²) in [6, 6.07) is 7.60. The zero-order valence-corrected chi connectivity index (χ0v) is 15.4. The summed E-state index contributed by atoms with van der Waals surface area (Å²) in [5.41, 5.74) is 0.563. The first kappa shape index (κ1) is 17.5. The fourth-order valence-corrected chi connectivity index (χ4v) is 4.03. The van der Waals surface area contributed by atoms with Crippen molar-refractivity contribution >= 4 is 17.5 Å². The lowest BCUT2D eigenvalue weighted by Crippen LogP contribution is -2.52. The lowest BCUT2D eigenvalue weighted by atomic mass is 9.75. The van der Waals surface area contributed by atoms with Crippen molar-refractivity contribution in [2.75, 3.05) is 18.4 Å². The lowest BCUT2D eigenvalue weighted by Gasteiger charge is -2.39. The van der Waals surface area contributed by atoms with E-state index in [1.807, 2.05) is 38.1 Å². The van der Waals surface area contributed by atoms with Gasteiger partial charge in [-0.05, 0) is 24.5 Å². The van der Waals surface area contributed by atoms with Crippen LogP contribution in [0.5, 0.6) is 0 Å². The van der Waals surface area contributed by atoms with E-state index in [-0.39, 0.29) is 29.8 Å². The molecule has 2 N–H and O–H groups in total. The Morgan fingerprint density at radius 1 is 1.26 bits per heavy atom. The maximum Gasteiger partial charge on any atom is 0.263 e. The molecular weight excluding hydrogens is 344 g/mol. The van der Waals surface area contributed by atoms with Crippen molar-refractivity contribution in [2.45, 2.75) is 38.0 Å². The van der Waals surface area contributed by atoms with Crippen LogP contribution < -0.4 is 10.9 Å². The molecule has 27 heavy (non-hydrogen) atoms. The quantitative estimate of drug-likeness (QED) is 0.850. The van der Waals surface area contributed by atoms with E-state index in [2.05, 4.69) is 15.3 Å². The number of aromatic nitrogens is 2. The molecule has 2 aromatic rings. The van der Waals surface area contributed by atoms with Gasteiger partial charge in [0.25, 0.3) is 11.5 Å². The van der Waals surface area contributed by atoms with Crippen LogP contribution in [0, 0.1) is 0 Å². The van der Waals surface area contributed by atoms with E-state index in [1.54, 1.807) is 4.90 Å². The number of carbonyl (C=O) groups is 2. The Balaban J connectivity index is 1.65. The minimum Gasteiger partial charge on any atom is -0.337 e. The van der Waals surface area contributed by atoms with Crippen molar-refractivity contribution in [1.82, 2.24) is 14.9 Å². The number of para-hydroxylation sites is 1. The van der Waals surface area contributed by atoms with Crippen molar-refractivity contribution in [3.63, 3.8) is 0 Å². The molecule has 1 unspecified atom stereocenters. The average Bonchev–Trinajstić information content (AvgIpc) is 2.92. The number of H-pyrrole nitrogens is 1. The molecule has 4 rings (SSSR count). The van der Waals surface area contributed by atoms with E-state index >= 15 is 0 Å². The molecule has 3 heterocycles. The number of anilines is 1. The molecule has 2 aliphatic heterocycles. The van der Waals surface area contributed by atoms with E-state index in [0.717, 1.165) is 11.3 Å². The van der Waals surface area contributed by atoms with E-state index in [0.29, 0.717) is 25.2 Å². The summed E-state index contributed by atoms with van der Waals surface area (Å²) in [5, 5.41) is 2.93. The molecule has 1 spiro atoms. The number of piperidine rings is 1. The zero-order chi connectivity index (χ0) is 19.2. The summed E-state index contributed by atoms with van der Waals surface area (Å²) < 4.78 is 0. The number of nitrogens with zero attached hydrogens (tertiary/aromatic N) is 2. The summed E-state index contributed by atoms with van der Waals surface area (Å²) in [5.74, 6) is 0.160. The van der Waals surface area contributed by atoms with E-state index in [1.165, 1.54) is 6.20 Å². The van der Waals surface area contributed by atoms with Gasteiger partial charge in [-0.25, -0.2) is 4.98 Å². The minimum absolute atomic E-state index is 0.0168. The number of fused-ring (bicyclic) bond motifs is 2. The Bertz CT molecular complexity index is 981. The lowest BCUT2D eigenvalue weighted by molar-refractivity contribution is -0.122. The molecule has 0 radical (unpaired) electrons. The molecule has 0 bridgehead atoms. The first-order chi connectivity index (χ1) is 12.9. The van der Waals surface area contributed by atoms with Crippen LogP contribution in [0.1, 0.15) is 54.4 Å². The molecule has 1 aromatic carbocycles. The normalized spacial score (nSPS) is 21.4. The molecular formula is C20H22N4O3. The average molecular weight is 366 g/mol. The number of benzene rings is 1. The summed E-state index contributed by atoms with van der Waals surface area (Å²) in [4.78, 5) is 46.6. The second-order valence-corrected chi connectivity index (χ2v) is 7.58. The number of carbonyl (C=O) groups excluding carboxylic acids is 2.